The van der Waals surface area contributed by atoms with Gasteiger partial charge in [0.2, 0.25) is 5.78 Å². The van der Waals surface area contributed by atoms with Gasteiger partial charge in [0.15, 0.2) is 0 Å². The number of ether oxygens (including phenoxy) is 1. The van der Waals surface area contributed by atoms with E-state index in [0.29, 0.717) is 5.75 Å². The van der Waals surface area contributed by atoms with Crippen molar-refractivity contribution in [2.45, 2.75) is 129 Å². The van der Waals surface area contributed by atoms with Crippen LogP contribution in [0.2, 0.25) is 0 Å². The Labute approximate surface area is 242 Å². The molecule has 0 radical (unpaired) electrons. The Balaban J connectivity index is 1.61. The minimum Gasteiger partial charge on any atom is -0.506 e. The number of anilines is 1. The van der Waals surface area contributed by atoms with Gasteiger partial charge in [0.1, 0.15) is 11.5 Å². The predicted molar refractivity (Wildman–Crippen MR) is 167 cm³/mol. The first-order valence-electron chi connectivity index (χ1n) is 15.7. The van der Waals surface area contributed by atoms with E-state index in [0.717, 1.165) is 12.8 Å². The second-order valence-corrected chi connectivity index (χ2v) is 11.1. The Morgan fingerprint density at radius 2 is 1.30 bits per heavy atom. The van der Waals surface area contributed by atoms with Crippen LogP contribution in [0.25, 0.3) is 0 Å². The monoisotopic (exact) mass is 551 g/mol. The number of hydrogen-bond donors (Lipinski definition) is 3. The third-order valence-electron chi connectivity index (χ3n) is 7.53. The Morgan fingerprint density at radius 3 is 1.77 bits per heavy atom. The number of carbonyl (C=O) groups excluding carboxylic acids is 1. The molecule has 5 nitrogen and oxygen atoms in total. The molecule has 0 aliphatic carbocycles. The molecule has 0 heterocycles. The van der Waals surface area contributed by atoms with E-state index < -0.39 is 11.6 Å². The molecule has 1 unspecified atom stereocenters. The molecule has 0 aliphatic rings. The quantitative estimate of drug-likeness (QED) is 0.0338. The molecule has 0 bridgehead atoms. The molecule has 0 aliphatic heterocycles. The van der Waals surface area contributed by atoms with Gasteiger partial charge in [-0.3, -0.25) is 4.79 Å². The highest BCUT2D eigenvalue weighted by Gasteiger charge is 2.37. The summed E-state index contributed by atoms with van der Waals surface area (Å²) in [5.41, 5.74) is 7.10. The lowest BCUT2D eigenvalue weighted by Crippen LogP contribution is -2.42. The van der Waals surface area contributed by atoms with Crippen molar-refractivity contribution >= 4 is 11.5 Å². The smallest absolute Gasteiger partial charge is 0.292 e. The molecule has 222 valence electrons. The van der Waals surface area contributed by atoms with Crippen LogP contribution in [0.15, 0.2) is 54.6 Å². The molecule has 0 fully saturated rings. The number of allylic oxidation sites excluding steroid dienone is 1. The van der Waals surface area contributed by atoms with Crippen LogP contribution in [0.1, 0.15) is 133 Å². The molecule has 0 saturated carbocycles. The highest BCUT2D eigenvalue weighted by Crippen LogP contribution is 2.27. The lowest BCUT2D eigenvalue weighted by atomic mass is 10.0. The largest absolute Gasteiger partial charge is 0.506 e. The van der Waals surface area contributed by atoms with E-state index in [1.807, 2.05) is 12.1 Å². The SMILES string of the molecule is CC=CC(O)(Oc1ccc(CCCCCCCCCCCCCCCCCC)cc1)C(=O)c1ccc(N)c(O)c1. The third kappa shape index (κ3) is 12.6. The number of nitrogens with two attached hydrogens (primary N) is 1. The molecule has 2 rings (SSSR count). The predicted octanol–water partition coefficient (Wildman–Crippen LogP) is 9.30. The number of Topliss-reactive ketones (excluding diaryl/α,β-unsaturated/α-hetero) is 1. The second-order valence-electron chi connectivity index (χ2n) is 11.1. The van der Waals surface area contributed by atoms with Crippen LogP contribution in [-0.2, 0) is 6.42 Å². The van der Waals surface area contributed by atoms with Crippen molar-refractivity contribution in [3.05, 3.63) is 65.7 Å². The van der Waals surface area contributed by atoms with Crippen LogP contribution >= 0.6 is 0 Å². The lowest BCUT2D eigenvalue weighted by Gasteiger charge is -2.24. The molecular formula is C35H53NO4. The summed E-state index contributed by atoms with van der Waals surface area (Å²) < 4.78 is 5.72. The van der Waals surface area contributed by atoms with Gasteiger partial charge in [-0.15, -0.1) is 0 Å². The topological polar surface area (TPSA) is 92.8 Å². The molecule has 4 N–H and O–H groups in total. The molecule has 0 saturated heterocycles. The number of unbranched alkanes of at least 4 members (excludes halogenated alkanes) is 15. The van der Waals surface area contributed by atoms with Crippen molar-refractivity contribution in [3.63, 3.8) is 0 Å². The van der Waals surface area contributed by atoms with Gasteiger partial charge in [0, 0.05) is 5.56 Å². The number of aromatic hydroxyl groups is 1. The Bertz CT molecular complexity index is 1000. The third-order valence-corrected chi connectivity index (χ3v) is 7.53. The van der Waals surface area contributed by atoms with Gasteiger partial charge in [-0.1, -0.05) is 121 Å². The van der Waals surface area contributed by atoms with Crippen molar-refractivity contribution in [1.29, 1.82) is 0 Å². The number of rotatable bonds is 22. The van der Waals surface area contributed by atoms with Crippen LogP contribution in [0.4, 0.5) is 5.69 Å². The molecule has 2 aromatic carbocycles. The molecule has 5 heteroatoms. The molecule has 0 aromatic heterocycles. The summed E-state index contributed by atoms with van der Waals surface area (Å²) in [7, 11) is 0. The Kier molecular flexibility index (Phi) is 16.1. The Hall–Kier alpha value is -2.79. The summed E-state index contributed by atoms with van der Waals surface area (Å²) in [5, 5.41) is 20.9. The van der Waals surface area contributed by atoms with Crippen molar-refractivity contribution < 1.29 is 19.7 Å². The molecule has 0 amide bonds. The van der Waals surface area contributed by atoms with Crippen molar-refractivity contribution in [2.24, 2.45) is 0 Å². The van der Waals surface area contributed by atoms with Crippen LogP contribution in [-0.4, -0.2) is 21.8 Å². The number of phenolic OH excluding ortho intramolecular Hbond substituents is 1. The fraction of sp³-hybridized carbons (Fsp3) is 0.571. The van der Waals surface area contributed by atoms with E-state index in [4.69, 9.17) is 10.5 Å². The van der Waals surface area contributed by atoms with Crippen LogP contribution in [0, 0.1) is 0 Å². The average Bonchev–Trinajstić information content (AvgIpc) is 2.95. The van der Waals surface area contributed by atoms with Crippen LogP contribution in [0.3, 0.4) is 0 Å². The van der Waals surface area contributed by atoms with Crippen LogP contribution < -0.4 is 10.5 Å². The molecular weight excluding hydrogens is 498 g/mol. The first-order valence-corrected chi connectivity index (χ1v) is 15.7. The maximum Gasteiger partial charge on any atom is 0.292 e. The van der Waals surface area contributed by atoms with E-state index in [1.165, 1.54) is 126 Å². The fourth-order valence-corrected chi connectivity index (χ4v) is 5.05. The number of nitrogen functional groups attached to an aromatic ring is 1. The number of hydrogen-bond acceptors (Lipinski definition) is 5. The summed E-state index contributed by atoms with van der Waals surface area (Å²) in [6.07, 6.45) is 25.6. The van der Waals surface area contributed by atoms with Gasteiger partial charge in [-0.05, 0) is 61.7 Å². The number of phenols is 1. The first kappa shape index (κ1) is 33.4. The van der Waals surface area contributed by atoms with E-state index in [1.54, 1.807) is 25.1 Å². The number of ketones is 1. The highest BCUT2D eigenvalue weighted by atomic mass is 16.6. The van der Waals surface area contributed by atoms with Gasteiger partial charge in [-0.25, -0.2) is 0 Å². The summed E-state index contributed by atoms with van der Waals surface area (Å²) in [5.74, 6) is -2.69. The van der Waals surface area contributed by atoms with Gasteiger partial charge in [-0.2, -0.15) is 0 Å². The van der Waals surface area contributed by atoms with E-state index in [-0.39, 0.29) is 17.0 Å². The maximum absolute atomic E-state index is 13.0. The zero-order chi connectivity index (χ0) is 29.1. The lowest BCUT2D eigenvalue weighted by molar-refractivity contribution is -0.0629. The first-order chi connectivity index (χ1) is 19.4. The fourth-order valence-electron chi connectivity index (χ4n) is 5.05. The molecule has 0 spiro atoms. The number of carbonyl (C=O) groups is 1. The normalized spacial score (nSPS) is 13.0. The van der Waals surface area contributed by atoms with Crippen molar-refractivity contribution in [3.8, 4) is 11.5 Å². The summed E-state index contributed by atoms with van der Waals surface area (Å²) in [4.78, 5) is 13.0. The van der Waals surface area contributed by atoms with Crippen molar-refractivity contribution in [2.75, 3.05) is 5.73 Å². The van der Waals surface area contributed by atoms with Crippen molar-refractivity contribution in [1.82, 2.24) is 0 Å². The molecule has 2 aromatic rings. The summed E-state index contributed by atoms with van der Waals surface area (Å²) in [6, 6.07) is 11.6. The minimum absolute atomic E-state index is 0.104. The van der Waals surface area contributed by atoms with E-state index in [2.05, 4.69) is 6.92 Å². The zero-order valence-electron chi connectivity index (χ0n) is 25.0. The van der Waals surface area contributed by atoms with E-state index >= 15 is 0 Å². The summed E-state index contributed by atoms with van der Waals surface area (Å²) >= 11 is 0. The number of aliphatic hydroxyl groups is 1. The van der Waals surface area contributed by atoms with Gasteiger partial charge in [0.25, 0.3) is 5.79 Å². The zero-order valence-corrected chi connectivity index (χ0v) is 25.0. The van der Waals surface area contributed by atoms with Crippen LogP contribution in [0.5, 0.6) is 11.5 Å². The second kappa shape index (κ2) is 19.3. The minimum atomic E-state index is -2.19. The van der Waals surface area contributed by atoms with E-state index in [9.17, 15) is 15.0 Å². The average molecular weight is 552 g/mol. The van der Waals surface area contributed by atoms with Gasteiger partial charge in [0.05, 0.1) is 5.69 Å². The number of benzene rings is 2. The molecule has 40 heavy (non-hydrogen) atoms. The van der Waals surface area contributed by atoms with Gasteiger partial charge < -0.3 is 20.7 Å². The number of aryl methyl sites for hydroxylation is 1. The van der Waals surface area contributed by atoms with Gasteiger partial charge >= 0.3 is 0 Å². The molecule has 1 atom stereocenters. The highest BCUT2D eigenvalue weighted by molar-refractivity contribution is 6.03. The standard InChI is InChI=1S/C35H53NO4/c1-3-5-6-7-8-9-10-11-12-13-14-15-16-17-18-19-20-29-21-24-31(25-22-29)40-35(39,27-4-2)34(38)30-23-26-32(36)33(37)28-30/h4,21-28,37,39H,3,5-20,36H2,1-2H3. The summed E-state index contributed by atoms with van der Waals surface area (Å²) in [6.45, 7) is 3.97. The maximum atomic E-state index is 13.0. The Morgan fingerprint density at radius 1 is 0.800 bits per heavy atom.